The molecule has 11 aromatic rings. The predicted molar refractivity (Wildman–Crippen MR) is 209 cm³/mol. The van der Waals surface area contributed by atoms with Gasteiger partial charge >= 0.3 is 0 Å². The first-order valence-electron chi connectivity index (χ1n) is 17.0. The fourth-order valence-corrected chi connectivity index (χ4v) is 8.12. The van der Waals surface area contributed by atoms with Gasteiger partial charge in [-0.05, 0) is 70.1 Å². The van der Waals surface area contributed by atoms with Crippen molar-refractivity contribution in [1.82, 2.24) is 19.1 Å². The number of rotatable bonds is 3. The van der Waals surface area contributed by atoms with Gasteiger partial charge in [0.2, 0.25) is 5.95 Å². The molecule has 0 bridgehead atoms. The largest absolute Gasteiger partial charge is 0.309 e. The molecule has 0 radical (unpaired) electrons. The summed E-state index contributed by atoms with van der Waals surface area (Å²) in [6.45, 7) is 0. The van der Waals surface area contributed by atoms with Crippen LogP contribution in [0, 0.1) is 0 Å². The standard InChI is InChI=1S/C46H28N4/c1-3-13-29(14-4-1)45-35-18-7-10-20-39(35)47-46(48-45)50-41-22-12-9-19-36(41)44-34-24-23-30-27-43-38(28-37(30)32(34)25-26-42(44)50)33-17-8-11-21-40(33)49(43)31-15-5-2-6-16-31/h1-28H. The average molecular weight is 637 g/mol. The maximum absolute atomic E-state index is 5.28. The highest BCUT2D eigenvalue weighted by Gasteiger charge is 2.20. The van der Waals surface area contributed by atoms with E-state index in [1.165, 1.54) is 59.8 Å². The van der Waals surface area contributed by atoms with E-state index in [9.17, 15) is 0 Å². The number of aromatic nitrogens is 4. The van der Waals surface area contributed by atoms with Gasteiger partial charge in [0.25, 0.3) is 0 Å². The third-order valence-corrected chi connectivity index (χ3v) is 10.3. The van der Waals surface area contributed by atoms with E-state index in [1.54, 1.807) is 0 Å². The number of para-hydroxylation sites is 4. The molecule has 50 heavy (non-hydrogen) atoms. The summed E-state index contributed by atoms with van der Waals surface area (Å²) in [5.41, 5.74) is 8.70. The zero-order valence-electron chi connectivity index (χ0n) is 27.0. The number of fused-ring (bicyclic) bond motifs is 11. The normalized spacial score (nSPS) is 12.0. The highest BCUT2D eigenvalue weighted by molar-refractivity contribution is 6.27. The van der Waals surface area contributed by atoms with E-state index in [1.807, 2.05) is 12.1 Å². The zero-order chi connectivity index (χ0) is 32.8. The Kier molecular flexibility index (Phi) is 5.63. The molecule has 0 saturated carbocycles. The molecule has 0 amide bonds. The second kappa shape index (κ2) is 10.4. The zero-order valence-corrected chi connectivity index (χ0v) is 27.0. The van der Waals surface area contributed by atoms with Gasteiger partial charge in [0, 0.05) is 38.2 Å². The molecule has 3 aromatic heterocycles. The summed E-state index contributed by atoms with van der Waals surface area (Å²) in [7, 11) is 0. The van der Waals surface area contributed by atoms with Gasteiger partial charge in [-0.1, -0.05) is 121 Å². The van der Waals surface area contributed by atoms with Crippen LogP contribution in [0.4, 0.5) is 0 Å². The van der Waals surface area contributed by atoms with E-state index < -0.39 is 0 Å². The lowest BCUT2D eigenvalue weighted by molar-refractivity contribution is 1.01. The highest BCUT2D eigenvalue weighted by Crippen LogP contribution is 2.41. The van der Waals surface area contributed by atoms with E-state index in [0.717, 1.165) is 33.2 Å². The first-order valence-corrected chi connectivity index (χ1v) is 17.0. The molecule has 11 rings (SSSR count). The Labute approximate surface area is 287 Å². The fourth-order valence-electron chi connectivity index (χ4n) is 8.12. The summed E-state index contributed by atoms with van der Waals surface area (Å²) in [6, 6.07) is 60.7. The van der Waals surface area contributed by atoms with Gasteiger partial charge in [-0.2, -0.15) is 0 Å². The molecule has 0 atom stereocenters. The second-order valence-electron chi connectivity index (χ2n) is 13.0. The van der Waals surface area contributed by atoms with Crippen LogP contribution < -0.4 is 0 Å². The van der Waals surface area contributed by atoms with Crippen molar-refractivity contribution < 1.29 is 0 Å². The minimum absolute atomic E-state index is 0.671. The van der Waals surface area contributed by atoms with Gasteiger partial charge in [-0.3, -0.25) is 4.57 Å². The third-order valence-electron chi connectivity index (χ3n) is 10.3. The number of benzene rings is 8. The van der Waals surface area contributed by atoms with Gasteiger partial charge in [-0.25, -0.2) is 9.97 Å². The Balaban J connectivity index is 1.22. The van der Waals surface area contributed by atoms with Gasteiger partial charge < -0.3 is 4.57 Å². The van der Waals surface area contributed by atoms with Crippen LogP contribution in [0.3, 0.4) is 0 Å². The van der Waals surface area contributed by atoms with Crippen molar-refractivity contribution >= 4 is 76.1 Å². The monoisotopic (exact) mass is 636 g/mol. The summed E-state index contributed by atoms with van der Waals surface area (Å²) in [5.74, 6) is 0.671. The van der Waals surface area contributed by atoms with Crippen LogP contribution in [0.1, 0.15) is 0 Å². The molecule has 0 spiro atoms. The minimum Gasteiger partial charge on any atom is -0.309 e. The molecule has 4 nitrogen and oxygen atoms in total. The first kappa shape index (κ1) is 27.2. The molecule has 0 aliphatic rings. The highest BCUT2D eigenvalue weighted by atomic mass is 15.2. The quantitative estimate of drug-likeness (QED) is 0.181. The van der Waals surface area contributed by atoms with E-state index >= 15 is 0 Å². The molecular weight excluding hydrogens is 609 g/mol. The van der Waals surface area contributed by atoms with Crippen molar-refractivity contribution in [2.24, 2.45) is 0 Å². The summed E-state index contributed by atoms with van der Waals surface area (Å²) in [5, 5.41) is 10.9. The molecule has 4 heteroatoms. The molecule has 3 heterocycles. The Morgan fingerprint density at radius 3 is 1.84 bits per heavy atom. The third kappa shape index (κ3) is 3.81. The Morgan fingerprint density at radius 1 is 0.360 bits per heavy atom. The van der Waals surface area contributed by atoms with Crippen LogP contribution in [-0.4, -0.2) is 19.1 Å². The number of hydrogen-bond donors (Lipinski definition) is 0. The molecule has 0 aliphatic carbocycles. The van der Waals surface area contributed by atoms with Crippen LogP contribution in [0.2, 0.25) is 0 Å². The number of hydrogen-bond acceptors (Lipinski definition) is 2. The molecule has 0 fully saturated rings. The summed E-state index contributed by atoms with van der Waals surface area (Å²) in [4.78, 5) is 10.5. The van der Waals surface area contributed by atoms with Crippen molar-refractivity contribution in [3.05, 3.63) is 170 Å². The van der Waals surface area contributed by atoms with Crippen molar-refractivity contribution in [2.45, 2.75) is 0 Å². The summed E-state index contributed by atoms with van der Waals surface area (Å²) < 4.78 is 4.63. The number of nitrogens with zero attached hydrogens (tertiary/aromatic N) is 4. The Morgan fingerprint density at radius 2 is 1.02 bits per heavy atom. The summed E-state index contributed by atoms with van der Waals surface area (Å²) >= 11 is 0. The van der Waals surface area contributed by atoms with Gasteiger partial charge in [-0.15, -0.1) is 0 Å². The molecule has 232 valence electrons. The predicted octanol–water partition coefficient (Wildman–Crippen LogP) is 11.8. The SMILES string of the molecule is c1ccc(-c2nc(-n3c4ccccc4c4c5ccc6cc7c(cc6c5ccc43)c3ccccc3n7-c3ccccc3)nc3ccccc23)cc1. The molecule has 0 aliphatic heterocycles. The van der Waals surface area contributed by atoms with E-state index in [-0.39, 0.29) is 0 Å². The van der Waals surface area contributed by atoms with Crippen LogP contribution in [0.15, 0.2) is 170 Å². The first-order chi connectivity index (χ1) is 24.8. The maximum Gasteiger partial charge on any atom is 0.235 e. The van der Waals surface area contributed by atoms with Crippen molar-refractivity contribution in [3.8, 4) is 22.9 Å². The fraction of sp³-hybridized carbons (Fsp3) is 0. The van der Waals surface area contributed by atoms with Crippen LogP contribution in [-0.2, 0) is 0 Å². The van der Waals surface area contributed by atoms with Gasteiger partial charge in [0.1, 0.15) is 0 Å². The molecule has 0 saturated heterocycles. The Hall–Kier alpha value is -6.78. The second-order valence-corrected chi connectivity index (χ2v) is 13.0. The van der Waals surface area contributed by atoms with E-state index in [2.05, 4.69) is 167 Å². The topological polar surface area (TPSA) is 35.6 Å². The molecule has 8 aromatic carbocycles. The van der Waals surface area contributed by atoms with Crippen LogP contribution >= 0.6 is 0 Å². The lowest BCUT2D eigenvalue weighted by atomic mass is 9.97. The maximum atomic E-state index is 5.28. The summed E-state index contributed by atoms with van der Waals surface area (Å²) in [6.07, 6.45) is 0. The molecular formula is C46H28N4. The van der Waals surface area contributed by atoms with Crippen molar-refractivity contribution in [1.29, 1.82) is 0 Å². The minimum atomic E-state index is 0.671. The van der Waals surface area contributed by atoms with E-state index in [0.29, 0.717) is 5.95 Å². The Bertz CT molecular complexity index is 3140. The van der Waals surface area contributed by atoms with Crippen LogP contribution in [0.25, 0.3) is 99.0 Å². The van der Waals surface area contributed by atoms with Crippen molar-refractivity contribution in [2.75, 3.05) is 0 Å². The molecule has 0 unspecified atom stereocenters. The smallest absolute Gasteiger partial charge is 0.235 e. The van der Waals surface area contributed by atoms with Crippen LogP contribution in [0.5, 0.6) is 0 Å². The van der Waals surface area contributed by atoms with Crippen molar-refractivity contribution in [3.63, 3.8) is 0 Å². The van der Waals surface area contributed by atoms with Gasteiger partial charge in [0.15, 0.2) is 0 Å². The lowest BCUT2D eigenvalue weighted by Crippen LogP contribution is -2.03. The lowest BCUT2D eigenvalue weighted by Gasteiger charge is -2.12. The van der Waals surface area contributed by atoms with Gasteiger partial charge in [0.05, 0.1) is 33.3 Å². The molecule has 0 N–H and O–H groups in total. The van der Waals surface area contributed by atoms with E-state index in [4.69, 9.17) is 9.97 Å². The average Bonchev–Trinajstić information content (AvgIpc) is 3.70.